The Morgan fingerprint density at radius 2 is 1.93 bits per heavy atom. The summed E-state index contributed by atoms with van der Waals surface area (Å²) >= 11 is 0. The molecule has 0 atom stereocenters. The minimum atomic E-state index is -0.479. The number of rotatable bonds is 4. The van der Waals surface area contributed by atoms with Crippen LogP contribution >= 0.6 is 0 Å². The maximum absolute atomic E-state index is 12.7. The second kappa shape index (κ2) is 7.74. The van der Waals surface area contributed by atoms with Crippen LogP contribution in [0.15, 0.2) is 30.3 Å². The Morgan fingerprint density at radius 1 is 1.15 bits per heavy atom. The van der Waals surface area contributed by atoms with Gasteiger partial charge in [-0.1, -0.05) is 26.0 Å². The van der Waals surface area contributed by atoms with Crippen molar-refractivity contribution in [3.8, 4) is 23.0 Å². The molecule has 2 aromatic rings. The minimum absolute atomic E-state index is 0.0981. The molecule has 3 rings (SSSR count). The largest absolute Gasteiger partial charge is 0.495 e. The molecule has 0 bridgehead atoms. The SMILES string of the molecule is COc1cc(C)cc2c1Oc1ccc(/C=C/C(C)C)c(OC)c1C(=O)OC2. The van der Waals surface area contributed by atoms with Gasteiger partial charge in [-0.15, -0.1) is 0 Å². The zero-order chi connectivity index (χ0) is 19.6. The summed E-state index contributed by atoms with van der Waals surface area (Å²) in [6.07, 6.45) is 3.98. The van der Waals surface area contributed by atoms with Gasteiger partial charge in [-0.3, -0.25) is 0 Å². The fourth-order valence-corrected chi connectivity index (χ4v) is 3.02. The maximum atomic E-state index is 12.7. The van der Waals surface area contributed by atoms with Crippen molar-refractivity contribution in [2.75, 3.05) is 14.2 Å². The first-order chi connectivity index (χ1) is 12.9. The summed E-state index contributed by atoms with van der Waals surface area (Å²) < 4.78 is 22.7. The highest BCUT2D eigenvalue weighted by Crippen LogP contribution is 2.43. The summed E-state index contributed by atoms with van der Waals surface area (Å²) in [6.45, 7) is 6.22. The molecule has 0 fully saturated rings. The zero-order valence-corrected chi connectivity index (χ0v) is 16.3. The second-order valence-corrected chi connectivity index (χ2v) is 6.80. The highest BCUT2D eigenvalue weighted by atomic mass is 16.6. The standard InChI is InChI=1S/C22H24O5/c1-13(2)6-7-15-8-9-17-19(21(15)25-5)22(23)26-12-16-10-14(3)11-18(24-4)20(16)27-17/h6-11,13H,12H2,1-5H3/b7-6+. The number of fused-ring (bicyclic) bond motifs is 2. The monoisotopic (exact) mass is 368 g/mol. The molecule has 2 aromatic carbocycles. The van der Waals surface area contributed by atoms with E-state index in [1.807, 2.05) is 37.3 Å². The quantitative estimate of drug-likeness (QED) is 0.699. The summed E-state index contributed by atoms with van der Waals surface area (Å²) in [7, 11) is 3.12. The van der Waals surface area contributed by atoms with Crippen molar-refractivity contribution < 1.29 is 23.7 Å². The topological polar surface area (TPSA) is 54.0 Å². The Hall–Kier alpha value is -2.95. The molecule has 0 spiro atoms. The van der Waals surface area contributed by atoms with Crippen molar-refractivity contribution in [3.63, 3.8) is 0 Å². The van der Waals surface area contributed by atoms with E-state index < -0.39 is 5.97 Å². The maximum Gasteiger partial charge on any atom is 0.346 e. The number of hydrogen-bond acceptors (Lipinski definition) is 5. The van der Waals surface area contributed by atoms with Gasteiger partial charge >= 0.3 is 5.97 Å². The van der Waals surface area contributed by atoms with Crippen LogP contribution in [0.1, 0.15) is 40.9 Å². The van der Waals surface area contributed by atoms with Gasteiger partial charge in [0.15, 0.2) is 11.5 Å². The van der Waals surface area contributed by atoms with Crippen molar-refractivity contribution in [2.24, 2.45) is 5.92 Å². The van der Waals surface area contributed by atoms with Crippen LogP contribution in [0.25, 0.3) is 6.08 Å². The molecular weight excluding hydrogens is 344 g/mol. The predicted octanol–water partition coefficient (Wildman–Crippen LogP) is 5.14. The van der Waals surface area contributed by atoms with Gasteiger partial charge in [0, 0.05) is 11.1 Å². The van der Waals surface area contributed by atoms with Crippen LogP contribution in [0.5, 0.6) is 23.0 Å². The molecule has 5 heteroatoms. The van der Waals surface area contributed by atoms with Crippen LogP contribution in [0, 0.1) is 12.8 Å². The van der Waals surface area contributed by atoms with Gasteiger partial charge in [-0.25, -0.2) is 4.79 Å². The molecule has 5 nitrogen and oxygen atoms in total. The molecule has 142 valence electrons. The number of cyclic esters (lactones) is 1. The number of allylic oxidation sites excluding steroid dienone is 1. The van der Waals surface area contributed by atoms with Crippen LogP contribution in [-0.2, 0) is 11.3 Å². The van der Waals surface area contributed by atoms with E-state index in [1.54, 1.807) is 13.2 Å². The third kappa shape index (κ3) is 3.77. The van der Waals surface area contributed by atoms with Crippen LogP contribution in [0.2, 0.25) is 0 Å². The average Bonchev–Trinajstić information content (AvgIpc) is 2.64. The highest BCUT2D eigenvalue weighted by molar-refractivity contribution is 5.97. The summed E-state index contributed by atoms with van der Waals surface area (Å²) in [5, 5.41) is 0. The van der Waals surface area contributed by atoms with E-state index in [0.717, 1.165) is 16.7 Å². The van der Waals surface area contributed by atoms with Crippen molar-refractivity contribution in [1.82, 2.24) is 0 Å². The average molecular weight is 368 g/mol. The zero-order valence-electron chi connectivity index (χ0n) is 16.3. The summed E-state index contributed by atoms with van der Waals surface area (Å²) in [5.74, 6) is 1.85. The first-order valence-electron chi connectivity index (χ1n) is 8.86. The second-order valence-electron chi connectivity index (χ2n) is 6.80. The lowest BCUT2D eigenvalue weighted by Crippen LogP contribution is -2.13. The molecule has 0 radical (unpaired) electrons. The minimum Gasteiger partial charge on any atom is -0.495 e. The van der Waals surface area contributed by atoms with Gasteiger partial charge < -0.3 is 18.9 Å². The number of carbonyl (C=O) groups is 1. The smallest absolute Gasteiger partial charge is 0.346 e. The molecule has 0 amide bonds. The number of aryl methyl sites for hydroxylation is 1. The summed E-state index contributed by atoms with van der Waals surface area (Å²) in [5.41, 5.74) is 2.82. The third-order valence-corrected chi connectivity index (χ3v) is 4.29. The number of hydrogen-bond donors (Lipinski definition) is 0. The van der Waals surface area contributed by atoms with Gasteiger partial charge in [0.25, 0.3) is 0 Å². The Bertz CT molecular complexity index is 896. The number of carbonyl (C=O) groups excluding carboxylic acids is 1. The van der Waals surface area contributed by atoms with Gasteiger partial charge in [-0.2, -0.15) is 0 Å². The van der Waals surface area contributed by atoms with Crippen molar-refractivity contribution >= 4 is 12.0 Å². The number of ether oxygens (including phenoxy) is 4. The van der Waals surface area contributed by atoms with E-state index in [9.17, 15) is 4.79 Å². The van der Waals surface area contributed by atoms with Crippen molar-refractivity contribution in [1.29, 1.82) is 0 Å². The van der Waals surface area contributed by atoms with Gasteiger partial charge in [-0.05, 0) is 42.7 Å². The van der Waals surface area contributed by atoms with Crippen LogP contribution in [0.3, 0.4) is 0 Å². The normalized spacial score (nSPS) is 13.3. The molecule has 0 aromatic heterocycles. The Kier molecular flexibility index (Phi) is 5.40. The van der Waals surface area contributed by atoms with E-state index >= 15 is 0 Å². The predicted molar refractivity (Wildman–Crippen MR) is 104 cm³/mol. The molecule has 0 N–H and O–H groups in total. The van der Waals surface area contributed by atoms with E-state index in [0.29, 0.717) is 28.9 Å². The first kappa shape index (κ1) is 18.8. The Balaban J connectivity index is 2.16. The number of methoxy groups -OCH3 is 2. The van der Waals surface area contributed by atoms with Crippen LogP contribution in [-0.4, -0.2) is 20.2 Å². The molecule has 27 heavy (non-hydrogen) atoms. The molecule has 0 saturated carbocycles. The van der Waals surface area contributed by atoms with Crippen LogP contribution < -0.4 is 14.2 Å². The molecule has 1 aliphatic heterocycles. The Morgan fingerprint density at radius 3 is 2.59 bits per heavy atom. The number of benzene rings is 2. The third-order valence-electron chi connectivity index (χ3n) is 4.29. The lowest BCUT2D eigenvalue weighted by atomic mass is 10.0. The lowest BCUT2D eigenvalue weighted by Gasteiger charge is -2.22. The molecule has 1 heterocycles. The summed E-state index contributed by atoms with van der Waals surface area (Å²) in [4.78, 5) is 12.7. The van der Waals surface area contributed by atoms with Gasteiger partial charge in [0.05, 0.1) is 14.2 Å². The lowest BCUT2D eigenvalue weighted by molar-refractivity contribution is 0.0455. The highest BCUT2D eigenvalue weighted by Gasteiger charge is 2.27. The fourth-order valence-electron chi connectivity index (χ4n) is 3.02. The van der Waals surface area contributed by atoms with E-state index in [-0.39, 0.29) is 12.2 Å². The fraction of sp³-hybridized carbons (Fsp3) is 0.318. The molecule has 0 unspecified atom stereocenters. The van der Waals surface area contributed by atoms with Gasteiger partial charge in [0.1, 0.15) is 23.7 Å². The number of esters is 1. The van der Waals surface area contributed by atoms with Crippen molar-refractivity contribution in [3.05, 3.63) is 52.6 Å². The molecular formula is C22H24O5. The van der Waals surface area contributed by atoms with E-state index in [2.05, 4.69) is 13.8 Å². The molecule has 1 aliphatic rings. The molecule has 0 saturated heterocycles. The van der Waals surface area contributed by atoms with Crippen molar-refractivity contribution in [2.45, 2.75) is 27.4 Å². The van der Waals surface area contributed by atoms with E-state index in [1.165, 1.54) is 7.11 Å². The van der Waals surface area contributed by atoms with Crippen LogP contribution in [0.4, 0.5) is 0 Å². The van der Waals surface area contributed by atoms with Gasteiger partial charge in [0.2, 0.25) is 0 Å². The summed E-state index contributed by atoms with van der Waals surface area (Å²) in [6, 6.07) is 7.44. The molecule has 0 aliphatic carbocycles. The Labute approximate surface area is 159 Å². The van der Waals surface area contributed by atoms with E-state index in [4.69, 9.17) is 18.9 Å². The first-order valence-corrected chi connectivity index (χ1v) is 8.86.